The molecule has 3 rings (SSSR count). The van der Waals surface area contributed by atoms with Crippen LogP contribution in [0.2, 0.25) is 0 Å². The van der Waals surface area contributed by atoms with Crippen molar-refractivity contribution in [3.8, 4) is 0 Å². The molecule has 1 aliphatic heterocycles. The summed E-state index contributed by atoms with van der Waals surface area (Å²) in [7, 11) is 0. The van der Waals surface area contributed by atoms with Crippen LogP contribution in [0.1, 0.15) is 73.6 Å². The number of nitrogens with zero attached hydrogens (tertiary/aromatic N) is 1. The normalized spacial score (nSPS) is 35.7. The van der Waals surface area contributed by atoms with E-state index >= 15 is 0 Å². The van der Waals surface area contributed by atoms with Crippen molar-refractivity contribution in [2.45, 2.75) is 91.3 Å². The quantitative estimate of drug-likeness (QED) is 0.818. The third kappa shape index (κ3) is 4.32. The summed E-state index contributed by atoms with van der Waals surface area (Å²) in [5, 5.41) is 3.96. The van der Waals surface area contributed by atoms with E-state index in [1.165, 1.54) is 25.7 Å². The second-order valence-electron chi connectivity index (χ2n) is 10.5. The maximum atomic E-state index is 12.4. The third-order valence-electron chi connectivity index (χ3n) is 6.78. The van der Waals surface area contributed by atoms with E-state index in [4.69, 9.17) is 4.74 Å². The number of piperidine rings is 1. The predicted molar refractivity (Wildman–Crippen MR) is 102 cm³/mol. The van der Waals surface area contributed by atoms with Crippen LogP contribution in [0.15, 0.2) is 0 Å². The fourth-order valence-electron chi connectivity index (χ4n) is 5.50. The van der Waals surface area contributed by atoms with Gasteiger partial charge in [0.25, 0.3) is 0 Å². The fraction of sp³-hybridized carbons (Fsp3) is 0.952. The monoisotopic (exact) mass is 350 g/mol. The highest BCUT2D eigenvalue weighted by Gasteiger charge is 2.44. The Bertz CT molecular complexity index is 497. The molecule has 0 aromatic rings. The SMILES string of the molecule is CC(NC1CCN(C(=O)OC(C)(C)C)CC1(C)C)C1CC2CCC1C2. The Morgan fingerprint density at radius 2 is 1.92 bits per heavy atom. The van der Waals surface area contributed by atoms with Crippen LogP contribution in [0.5, 0.6) is 0 Å². The minimum Gasteiger partial charge on any atom is -0.444 e. The molecule has 1 N–H and O–H groups in total. The van der Waals surface area contributed by atoms with Crippen molar-refractivity contribution in [2.75, 3.05) is 13.1 Å². The molecule has 0 radical (unpaired) electrons. The number of hydrogen-bond acceptors (Lipinski definition) is 3. The Morgan fingerprint density at radius 1 is 1.20 bits per heavy atom. The van der Waals surface area contributed by atoms with E-state index in [2.05, 4.69) is 26.1 Å². The van der Waals surface area contributed by atoms with Crippen LogP contribution in [0, 0.1) is 23.2 Å². The molecule has 1 saturated heterocycles. The van der Waals surface area contributed by atoms with Gasteiger partial charge >= 0.3 is 6.09 Å². The van der Waals surface area contributed by atoms with Crippen molar-refractivity contribution < 1.29 is 9.53 Å². The lowest BCUT2D eigenvalue weighted by Crippen LogP contribution is -2.58. The van der Waals surface area contributed by atoms with Crippen molar-refractivity contribution in [1.29, 1.82) is 0 Å². The highest BCUT2D eigenvalue weighted by Crippen LogP contribution is 2.49. The van der Waals surface area contributed by atoms with Gasteiger partial charge in [0.15, 0.2) is 0 Å². The summed E-state index contributed by atoms with van der Waals surface area (Å²) in [6.07, 6.45) is 6.65. The van der Waals surface area contributed by atoms with Crippen LogP contribution >= 0.6 is 0 Å². The van der Waals surface area contributed by atoms with E-state index in [1.807, 2.05) is 25.7 Å². The molecule has 0 aromatic carbocycles. The lowest BCUT2D eigenvalue weighted by molar-refractivity contribution is 0.000178. The Hall–Kier alpha value is -0.770. The molecule has 2 aliphatic carbocycles. The first-order valence-electron chi connectivity index (χ1n) is 10.3. The van der Waals surface area contributed by atoms with Gasteiger partial charge in [-0.2, -0.15) is 0 Å². The summed E-state index contributed by atoms with van der Waals surface area (Å²) in [5.74, 6) is 2.82. The van der Waals surface area contributed by atoms with E-state index in [-0.39, 0.29) is 11.5 Å². The van der Waals surface area contributed by atoms with E-state index in [0.29, 0.717) is 12.1 Å². The van der Waals surface area contributed by atoms with Gasteiger partial charge in [0.2, 0.25) is 0 Å². The highest BCUT2D eigenvalue weighted by molar-refractivity contribution is 5.68. The van der Waals surface area contributed by atoms with Crippen molar-refractivity contribution in [3.63, 3.8) is 0 Å². The summed E-state index contributed by atoms with van der Waals surface area (Å²) in [6, 6.07) is 1.06. The Labute approximate surface area is 154 Å². The second kappa shape index (κ2) is 6.75. The third-order valence-corrected chi connectivity index (χ3v) is 6.78. The number of nitrogens with one attached hydrogen (secondary N) is 1. The van der Waals surface area contributed by atoms with E-state index < -0.39 is 5.60 Å². The summed E-state index contributed by atoms with van der Waals surface area (Å²) in [4.78, 5) is 14.3. The largest absolute Gasteiger partial charge is 0.444 e. The van der Waals surface area contributed by atoms with Gasteiger partial charge in [0.05, 0.1) is 0 Å². The smallest absolute Gasteiger partial charge is 0.410 e. The first kappa shape index (κ1) is 19.0. The minimum absolute atomic E-state index is 0.0705. The molecule has 2 saturated carbocycles. The maximum Gasteiger partial charge on any atom is 0.410 e. The molecule has 144 valence electrons. The number of carbonyl (C=O) groups is 1. The van der Waals surface area contributed by atoms with E-state index in [9.17, 15) is 4.79 Å². The molecule has 5 atom stereocenters. The number of ether oxygens (including phenoxy) is 1. The maximum absolute atomic E-state index is 12.4. The molecule has 25 heavy (non-hydrogen) atoms. The molecule has 3 fully saturated rings. The molecular formula is C21H38N2O2. The summed E-state index contributed by atoms with van der Waals surface area (Å²) in [6.45, 7) is 14.3. The molecule has 4 nitrogen and oxygen atoms in total. The number of hydrogen-bond donors (Lipinski definition) is 1. The van der Waals surface area contributed by atoms with Gasteiger partial charge in [-0.15, -0.1) is 0 Å². The number of likely N-dealkylation sites (tertiary alicyclic amines) is 1. The topological polar surface area (TPSA) is 41.6 Å². The van der Waals surface area contributed by atoms with Crippen LogP contribution in [-0.4, -0.2) is 41.8 Å². The van der Waals surface area contributed by atoms with Gasteiger partial charge in [-0.05, 0) is 76.5 Å². The molecule has 5 unspecified atom stereocenters. The number of amides is 1. The Morgan fingerprint density at radius 3 is 2.44 bits per heavy atom. The van der Waals surface area contributed by atoms with E-state index in [0.717, 1.165) is 37.3 Å². The molecule has 1 amide bonds. The Kier molecular flexibility index (Phi) is 5.13. The highest BCUT2D eigenvalue weighted by atomic mass is 16.6. The minimum atomic E-state index is -0.424. The van der Waals surface area contributed by atoms with E-state index in [1.54, 1.807) is 0 Å². The standard InChI is InChI=1S/C21H38N2O2/c1-14(17-12-15-7-8-16(17)11-15)22-18-9-10-23(13-21(18,5)6)19(24)25-20(2,3)4/h14-18,22H,7-13H2,1-6H3. The van der Waals surface area contributed by atoms with Gasteiger partial charge in [-0.25, -0.2) is 4.79 Å². The lowest BCUT2D eigenvalue weighted by Gasteiger charge is -2.46. The zero-order chi connectivity index (χ0) is 18.4. The van der Waals surface area contributed by atoms with Gasteiger partial charge < -0.3 is 15.0 Å². The molecular weight excluding hydrogens is 312 g/mol. The van der Waals surface area contributed by atoms with Gasteiger partial charge in [-0.3, -0.25) is 0 Å². The average Bonchev–Trinajstić information content (AvgIpc) is 3.09. The zero-order valence-corrected chi connectivity index (χ0v) is 17.1. The first-order valence-corrected chi connectivity index (χ1v) is 10.3. The van der Waals surface area contributed by atoms with Crippen molar-refractivity contribution in [1.82, 2.24) is 10.2 Å². The zero-order valence-electron chi connectivity index (χ0n) is 17.1. The van der Waals surface area contributed by atoms with Crippen LogP contribution in [0.3, 0.4) is 0 Å². The second-order valence-corrected chi connectivity index (χ2v) is 10.5. The molecule has 0 aromatic heterocycles. The van der Waals surface area contributed by atoms with Crippen LogP contribution in [-0.2, 0) is 4.74 Å². The first-order chi connectivity index (χ1) is 11.5. The predicted octanol–water partition coefficient (Wildman–Crippen LogP) is 4.44. The molecule has 1 heterocycles. The molecule has 0 spiro atoms. The summed E-state index contributed by atoms with van der Waals surface area (Å²) in [5.41, 5.74) is -0.354. The van der Waals surface area contributed by atoms with Gasteiger partial charge in [0, 0.05) is 25.2 Å². The summed E-state index contributed by atoms with van der Waals surface area (Å²) < 4.78 is 5.57. The number of fused-ring (bicyclic) bond motifs is 2. The molecule has 4 heteroatoms. The van der Waals surface area contributed by atoms with Gasteiger partial charge in [-0.1, -0.05) is 20.3 Å². The van der Waals surface area contributed by atoms with Crippen LogP contribution < -0.4 is 5.32 Å². The van der Waals surface area contributed by atoms with Crippen LogP contribution in [0.4, 0.5) is 4.79 Å². The van der Waals surface area contributed by atoms with Crippen molar-refractivity contribution >= 4 is 6.09 Å². The number of carbonyl (C=O) groups excluding carboxylic acids is 1. The fourth-order valence-corrected chi connectivity index (χ4v) is 5.50. The Balaban J connectivity index is 1.55. The summed E-state index contributed by atoms with van der Waals surface area (Å²) >= 11 is 0. The number of rotatable bonds is 3. The van der Waals surface area contributed by atoms with Crippen LogP contribution in [0.25, 0.3) is 0 Å². The lowest BCUT2D eigenvalue weighted by atomic mass is 9.77. The molecule has 2 bridgehead atoms. The molecule has 3 aliphatic rings. The average molecular weight is 351 g/mol. The van der Waals surface area contributed by atoms with Gasteiger partial charge in [0.1, 0.15) is 5.60 Å². The van der Waals surface area contributed by atoms with Crippen molar-refractivity contribution in [3.05, 3.63) is 0 Å². The van der Waals surface area contributed by atoms with Crippen molar-refractivity contribution in [2.24, 2.45) is 23.2 Å².